The number of benzene rings is 1. The molecule has 23 heavy (non-hydrogen) atoms. The molecular formula is C15H21NO7. The topological polar surface area (TPSA) is 136 Å². The number of aliphatic hydroxyl groups is 4. The number of carbonyl (C=O) groups is 2. The summed E-state index contributed by atoms with van der Waals surface area (Å²) in [4.78, 5) is 22.4. The van der Waals surface area contributed by atoms with Crippen LogP contribution in [0.15, 0.2) is 30.3 Å². The van der Waals surface area contributed by atoms with E-state index in [4.69, 9.17) is 4.74 Å². The van der Waals surface area contributed by atoms with Crippen molar-refractivity contribution in [2.24, 2.45) is 0 Å². The molecule has 5 N–H and O–H groups in total. The van der Waals surface area contributed by atoms with Crippen molar-refractivity contribution in [3.63, 3.8) is 0 Å². The summed E-state index contributed by atoms with van der Waals surface area (Å²) in [6, 6.07) is 8.06. The van der Waals surface area contributed by atoms with E-state index in [-0.39, 0.29) is 12.1 Å². The van der Waals surface area contributed by atoms with Crippen LogP contribution in [0.1, 0.15) is 17.3 Å². The molecule has 8 nitrogen and oxygen atoms in total. The molecule has 1 rings (SSSR count). The lowest BCUT2D eigenvalue weighted by molar-refractivity contribution is -0.124. The average molecular weight is 327 g/mol. The van der Waals surface area contributed by atoms with E-state index >= 15 is 0 Å². The number of hydrogen-bond donors (Lipinski definition) is 5. The van der Waals surface area contributed by atoms with Gasteiger partial charge in [-0.1, -0.05) is 18.2 Å². The van der Waals surface area contributed by atoms with Crippen LogP contribution in [0.4, 0.5) is 0 Å². The van der Waals surface area contributed by atoms with Gasteiger partial charge in [0.05, 0.1) is 11.7 Å². The molecule has 0 fully saturated rings. The van der Waals surface area contributed by atoms with E-state index in [1.807, 2.05) is 0 Å². The van der Waals surface area contributed by atoms with Crippen molar-refractivity contribution >= 4 is 11.9 Å². The molecule has 0 aliphatic carbocycles. The summed E-state index contributed by atoms with van der Waals surface area (Å²) in [6.07, 6.45) is -6.53. The van der Waals surface area contributed by atoms with Gasteiger partial charge in [-0.2, -0.15) is 0 Å². The summed E-state index contributed by atoms with van der Waals surface area (Å²) < 4.78 is 4.83. The van der Waals surface area contributed by atoms with Gasteiger partial charge in [0.25, 0.3) is 0 Å². The first-order valence-electron chi connectivity index (χ1n) is 7.01. The second kappa shape index (κ2) is 9.21. The molecule has 0 saturated heterocycles. The van der Waals surface area contributed by atoms with Crippen LogP contribution in [0.25, 0.3) is 0 Å². The summed E-state index contributed by atoms with van der Waals surface area (Å²) in [6.45, 7) is 0.385. The normalized spacial score (nSPS) is 16.0. The molecule has 0 saturated carbocycles. The van der Waals surface area contributed by atoms with Crippen LogP contribution in [-0.2, 0) is 9.53 Å². The van der Waals surface area contributed by atoms with Gasteiger partial charge >= 0.3 is 5.97 Å². The molecule has 1 amide bonds. The lowest BCUT2D eigenvalue weighted by atomic mass is 10.0. The molecule has 4 unspecified atom stereocenters. The third-order valence-electron chi connectivity index (χ3n) is 3.09. The summed E-state index contributed by atoms with van der Waals surface area (Å²) in [5.41, 5.74) is 0.278. The highest BCUT2D eigenvalue weighted by Crippen LogP contribution is 2.07. The molecule has 0 spiro atoms. The van der Waals surface area contributed by atoms with Gasteiger partial charge in [-0.25, -0.2) is 4.79 Å². The van der Waals surface area contributed by atoms with E-state index in [0.29, 0.717) is 0 Å². The summed E-state index contributed by atoms with van der Waals surface area (Å²) >= 11 is 0. The predicted molar refractivity (Wildman–Crippen MR) is 79.4 cm³/mol. The zero-order chi connectivity index (χ0) is 17.4. The quantitative estimate of drug-likeness (QED) is 0.364. The predicted octanol–water partition coefficient (Wildman–Crippen LogP) is -1.58. The van der Waals surface area contributed by atoms with Gasteiger partial charge in [-0.05, 0) is 12.1 Å². The molecule has 0 radical (unpaired) electrons. The van der Waals surface area contributed by atoms with Crippen molar-refractivity contribution in [2.45, 2.75) is 31.3 Å². The monoisotopic (exact) mass is 327 g/mol. The third-order valence-corrected chi connectivity index (χ3v) is 3.09. The number of ether oxygens (including phenoxy) is 1. The highest BCUT2D eigenvalue weighted by atomic mass is 16.5. The second-order valence-corrected chi connectivity index (χ2v) is 5.02. The van der Waals surface area contributed by atoms with Crippen LogP contribution in [0.2, 0.25) is 0 Å². The van der Waals surface area contributed by atoms with Crippen LogP contribution in [0, 0.1) is 0 Å². The lowest BCUT2D eigenvalue weighted by Crippen LogP contribution is -2.49. The van der Waals surface area contributed by atoms with Crippen LogP contribution in [0.3, 0.4) is 0 Å². The van der Waals surface area contributed by atoms with Crippen LogP contribution in [0.5, 0.6) is 0 Å². The Morgan fingerprint density at radius 1 is 1.04 bits per heavy atom. The van der Waals surface area contributed by atoms with Crippen molar-refractivity contribution in [3.05, 3.63) is 35.9 Å². The van der Waals surface area contributed by atoms with E-state index < -0.39 is 42.9 Å². The van der Waals surface area contributed by atoms with E-state index in [0.717, 1.165) is 0 Å². The first kappa shape index (κ1) is 19.0. The number of amides is 1. The summed E-state index contributed by atoms with van der Waals surface area (Å²) in [5.74, 6) is -1.10. The Balaban J connectivity index is 2.45. The van der Waals surface area contributed by atoms with E-state index in [2.05, 4.69) is 5.32 Å². The van der Waals surface area contributed by atoms with Gasteiger partial charge in [-0.3, -0.25) is 4.79 Å². The molecule has 128 valence electrons. The van der Waals surface area contributed by atoms with Gasteiger partial charge in [0.2, 0.25) is 5.91 Å². The largest absolute Gasteiger partial charge is 0.459 e. The van der Waals surface area contributed by atoms with Crippen LogP contribution in [-0.4, -0.2) is 69.9 Å². The maximum atomic E-state index is 11.7. The zero-order valence-corrected chi connectivity index (χ0v) is 12.6. The maximum Gasteiger partial charge on any atom is 0.338 e. The number of nitrogens with one attached hydrogen (secondary N) is 1. The Morgan fingerprint density at radius 3 is 2.17 bits per heavy atom. The Morgan fingerprint density at radius 2 is 1.61 bits per heavy atom. The van der Waals surface area contributed by atoms with Crippen molar-refractivity contribution in [1.29, 1.82) is 0 Å². The number of carbonyl (C=O) groups excluding carboxylic acids is 2. The van der Waals surface area contributed by atoms with Gasteiger partial charge in [0, 0.05) is 13.5 Å². The number of esters is 1. The molecular weight excluding hydrogens is 306 g/mol. The lowest BCUT2D eigenvalue weighted by Gasteiger charge is -2.26. The fourth-order valence-electron chi connectivity index (χ4n) is 1.74. The highest BCUT2D eigenvalue weighted by Gasteiger charge is 2.31. The average Bonchev–Trinajstić information content (AvgIpc) is 2.56. The first-order chi connectivity index (χ1) is 10.8. The first-order valence-corrected chi connectivity index (χ1v) is 7.01. The standard InChI is InChI=1S/C15H21NO7/c1-9(17)16-7-11(18)13(20)14(21)12(19)8-23-15(22)10-5-3-2-4-6-10/h2-6,11-14,18-21H,7-8H2,1H3,(H,16,17). The minimum atomic E-state index is -1.75. The van der Waals surface area contributed by atoms with E-state index in [1.165, 1.54) is 19.1 Å². The Kier molecular flexibility index (Phi) is 7.63. The summed E-state index contributed by atoms with van der Waals surface area (Å²) in [7, 11) is 0. The molecule has 0 aliphatic heterocycles. The molecule has 1 aromatic carbocycles. The van der Waals surface area contributed by atoms with Crippen molar-refractivity contribution in [3.8, 4) is 0 Å². The van der Waals surface area contributed by atoms with Gasteiger partial charge < -0.3 is 30.5 Å². The van der Waals surface area contributed by atoms with Crippen molar-refractivity contribution in [1.82, 2.24) is 5.32 Å². The zero-order valence-electron chi connectivity index (χ0n) is 12.6. The van der Waals surface area contributed by atoms with E-state index in [1.54, 1.807) is 18.2 Å². The molecule has 0 heterocycles. The molecule has 0 aromatic heterocycles. The van der Waals surface area contributed by atoms with Gasteiger partial charge in [0.1, 0.15) is 24.9 Å². The molecule has 0 bridgehead atoms. The highest BCUT2D eigenvalue weighted by molar-refractivity contribution is 5.89. The number of rotatable bonds is 8. The molecule has 4 atom stereocenters. The number of aliphatic hydroxyl groups excluding tert-OH is 4. The maximum absolute atomic E-state index is 11.7. The molecule has 8 heteroatoms. The Labute approximate surface area is 133 Å². The van der Waals surface area contributed by atoms with Gasteiger partial charge in [0.15, 0.2) is 0 Å². The van der Waals surface area contributed by atoms with Crippen molar-refractivity contribution in [2.75, 3.05) is 13.2 Å². The smallest absolute Gasteiger partial charge is 0.338 e. The fourth-order valence-corrected chi connectivity index (χ4v) is 1.74. The van der Waals surface area contributed by atoms with Gasteiger partial charge in [-0.15, -0.1) is 0 Å². The fraction of sp³-hybridized carbons (Fsp3) is 0.467. The van der Waals surface area contributed by atoms with E-state index in [9.17, 15) is 30.0 Å². The molecule has 0 aliphatic rings. The molecule has 1 aromatic rings. The third kappa shape index (κ3) is 6.33. The SMILES string of the molecule is CC(=O)NCC(O)C(O)C(O)C(O)COC(=O)c1ccccc1. The Hall–Kier alpha value is -2.00. The minimum absolute atomic E-state index is 0.278. The van der Waals surface area contributed by atoms with Crippen LogP contribution < -0.4 is 5.32 Å². The van der Waals surface area contributed by atoms with Crippen LogP contribution >= 0.6 is 0 Å². The number of hydrogen-bond acceptors (Lipinski definition) is 7. The van der Waals surface area contributed by atoms with Crippen molar-refractivity contribution < 1.29 is 34.8 Å². The Bertz CT molecular complexity index is 508. The minimum Gasteiger partial charge on any atom is -0.459 e. The second-order valence-electron chi connectivity index (χ2n) is 5.02. The summed E-state index contributed by atoms with van der Waals surface area (Å²) in [5, 5.41) is 41.0.